The number of benzene rings is 2. The Hall–Kier alpha value is -2.95. The number of esters is 1. The number of carbonyl (C=O) groups excluding carboxylic acids is 1. The van der Waals surface area contributed by atoms with Crippen LogP contribution >= 0.6 is 0 Å². The molecule has 1 aromatic heterocycles. The van der Waals surface area contributed by atoms with Crippen molar-refractivity contribution < 1.29 is 13.9 Å². The summed E-state index contributed by atoms with van der Waals surface area (Å²) in [7, 11) is 1.27. The SMILES string of the molecule is COC(=O)c1cc(Nc2ccc(C)cc2)c2cccc(F)c2n1. The fourth-order valence-corrected chi connectivity index (χ4v) is 2.32. The van der Waals surface area contributed by atoms with Crippen LogP contribution < -0.4 is 5.32 Å². The predicted molar refractivity (Wildman–Crippen MR) is 87.5 cm³/mol. The molecule has 0 aliphatic rings. The van der Waals surface area contributed by atoms with Gasteiger partial charge in [-0.05, 0) is 31.2 Å². The highest BCUT2D eigenvalue weighted by molar-refractivity contribution is 5.98. The maximum Gasteiger partial charge on any atom is 0.356 e. The number of anilines is 2. The zero-order valence-electron chi connectivity index (χ0n) is 12.8. The minimum Gasteiger partial charge on any atom is -0.464 e. The predicted octanol–water partition coefficient (Wildman–Crippen LogP) is 4.21. The van der Waals surface area contributed by atoms with Crippen molar-refractivity contribution in [3.05, 3.63) is 65.6 Å². The second-order valence-electron chi connectivity index (χ2n) is 5.17. The number of para-hydroxylation sites is 1. The van der Waals surface area contributed by atoms with Gasteiger partial charge in [0.2, 0.25) is 0 Å². The van der Waals surface area contributed by atoms with Gasteiger partial charge in [0, 0.05) is 11.1 Å². The van der Waals surface area contributed by atoms with Gasteiger partial charge in [-0.1, -0.05) is 29.8 Å². The van der Waals surface area contributed by atoms with Crippen LogP contribution in [0, 0.1) is 12.7 Å². The van der Waals surface area contributed by atoms with E-state index in [4.69, 9.17) is 4.74 Å². The van der Waals surface area contributed by atoms with E-state index in [1.165, 1.54) is 13.2 Å². The number of nitrogens with zero attached hydrogens (tertiary/aromatic N) is 1. The van der Waals surface area contributed by atoms with Gasteiger partial charge < -0.3 is 10.1 Å². The Kier molecular flexibility index (Phi) is 3.93. The number of aromatic nitrogens is 1. The van der Waals surface area contributed by atoms with E-state index < -0.39 is 11.8 Å². The minimum absolute atomic E-state index is 0.0553. The molecule has 0 radical (unpaired) electrons. The first kappa shape index (κ1) is 15.0. The van der Waals surface area contributed by atoms with E-state index >= 15 is 0 Å². The zero-order valence-corrected chi connectivity index (χ0v) is 12.8. The van der Waals surface area contributed by atoms with E-state index in [1.54, 1.807) is 18.2 Å². The Morgan fingerprint density at radius 3 is 2.61 bits per heavy atom. The first-order valence-electron chi connectivity index (χ1n) is 7.10. The summed E-state index contributed by atoms with van der Waals surface area (Å²) < 4.78 is 18.8. The summed E-state index contributed by atoms with van der Waals surface area (Å²) >= 11 is 0. The van der Waals surface area contributed by atoms with Crippen LogP contribution in [0.15, 0.2) is 48.5 Å². The van der Waals surface area contributed by atoms with Gasteiger partial charge in [-0.25, -0.2) is 14.2 Å². The summed E-state index contributed by atoms with van der Waals surface area (Å²) in [5.41, 5.74) is 2.75. The van der Waals surface area contributed by atoms with E-state index in [9.17, 15) is 9.18 Å². The molecule has 0 amide bonds. The maximum atomic E-state index is 14.1. The molecule has 1 heterocycles. The van der Waals surface area contributed by atoms with E-state index in [2.05, 4.69) is 10.3 Å². The van der Waals surface area contributed by atoms with Crippen LogP contribution in [0.3, 0.4) is 0 Å². The van der Waals surface area contributed by atoms with Crippen molar-refractivity contribution in [1.82, 2.24) is 4.98 Å². The number of halogens is 1. The van der Waals surface area contributed by atoms with Gasteiger partial charge in [0.15, 0.2) is 5.69 Å². The van der Waals surface area contributed by atoms with E-state index in [-0.39, 0.29) is 11.2 Å². The normalized spacial score (nSPS) is 10.6. The van der Waals surface area contributed by atoms with E-state index in [1.807, 2.05) is 31.2 Å². The fraction of sp³-hybridized carbons (Fsp3) is 0.111. The molecule has 1 N–H and O–H groups in total. The molecule has 0 fully saturated rings. The van der Waals surface area contributed by atoms with Gasteiger partial charge in [0.1, 0.15) is 11.3 Å². The van der Waals surface area contributed by atoms with Crippen LogP contribution in [0.4, 0.5) is 15.8 Å². The second-order valence-corrected chi connectivity index (χ2v) is 5.17. The molecule has 0 unspecified atom stereocenters. The quantitative estimate of drug-likeness (QED) is 0.736. The summed E-state index contributed by atoms with van der Waals surface area (Å²) in [6.07, 6.45) is 0. The van der Waals surface area contributed by atoms with Gasteiger partial charge in [0.05, 0.1) is 12.8 Å². The molecule has 0 aliphatic heterocycles. The highest BCUT2D eigenvalue weighted by Gasteiger charge is 2.14. The monoisotopic (exact) mass is 310 g/mol. The number of ether oxygens (including phenoxy) is 1. The third-order valence-electron chi connectivity index (χ3n) is 3.52. The van der Waals surface area contributed by atoms with Gasteiger partial charge >= 0.3 is 5.97 Å². The van der Waals surface area contributed by atoms with Crippen LogP contribution in [-0.2, 0) is 4.74 Å². The molecule has 0 spiro atoms. The van der Waals surface area contributed by atoms with Crippen LogP contribution in [0.1, 0.15) is 16.1 Å². The molecule has 0 bridgehead atoms. The highest BCUT2D eigenvalue weighted by atomic mass is 19.1. The number of nitrogens with one attached hydrogen (secondary N) is 1. The topological polar surface area (TPSA) is 51.2 Å². The Balaban J connectivity index is 2.15. The summed E-state index contributed by atoms with van der Waals surface area (Å²) in [6.45, 7) is 2.00. The molecule has 2 aromatic carbocycles. The number of fused-ring (bicyclic) bond motifs is 1. The summed E-state index contributed by atoms with van der Waals surface area (Å²) in [5, 5.41) is 3.80. The lowest BCUT2D eigenvalue weighted by Crippen LogP contribution is -2.06. The Morgan fingerprint density at radius 1 is 1.17 bits per heavy atom. The number of carbonyl (C=O) groups is 1. The molecule has 0 atom stereocenters. The lowest BCUT2D eigenvalue weighted by atomic mass is 10.1. The molecule has 0 saturated heterocycles. The lowest BCUT2D eigenvalue weighted by molar-refractivity contribution is 0.0594. The van der Waals surface area contributed by atoms with Crippen molar-refractivity contribution in [1.29, 1.82) is 0 Å². The molecule has 5 heteroatoms. The zero-order chi connectivity index (χ0) is 16.4. The van der Waals surface area contributed by atoms with Crippen LogP contribution in [0.25, 0.3) is 10.9 Å². The number of hydrogen-bond donors (Lipinski definition) is 1. The fourth-order valence-electron chi connectivity index (χ4n) is 2.32. The van der Waals surface area contributed by atoms with Crippen molar-refractivity contribution in [2.75, 3.05) is 12.4 Å². The van der Waals surface area contributed by atoms with Gasteiger partial charge in [-0.15, -0.1) is 0 Å². The molecule has 116 valence electrons. The van der Waals surface area contributed by atoms with E-state index in [0.717, 1.165) is 11.3 Å². The number of pyridine rings is 1. The van der Waals surface area contributed by atoms with Gasteiger partial charge in [-0.3, -0.25) is 0 Å². The third-order valence-corrected chi connectivity index (χ3v) is 3.52. The lowest BCUT2D eigenvalue weighted by Gasteiger charge is -2.12. The van der Waals surface area contributed by atoms with Crippen molar-refractivity contribution >= 4 is 28.2 Å². The van der Waals surface area contributed by atoms with Crippen LogP contribution in [0.5, 0.6) is 0 Å². The molecule has 0 saturated carbocycles. The first-order valence-corrected chi connectivity index (χ1v) is 7.10. The molecular formula is C18H15FN2O2. The number of rotatable bonds is 3. The van der Waals surface area contributed by atoms with Gasteiger partial charge in [0.25, 0.3) is 0 Å². The van der Waals surface area contributed by atoms with Crippen molar-refractivity contribution in [3.8, 4) is 0 Å². The number of aryl methyl sites for hydroxylation is 1. The van der Waals surface area contributed by atoms with Crippen molar-refractivity contribution in [2.45, 2.75) is 6.92 Å². The summed E-state index contributed by atoms with van der Waals surface area (Å²) in [6, 6.07) is 14.0. The Labute approximate surface area is 132 Å². The first-order chi connectivity index (χ1) is 11.1. The minimum atomic E-state index is -0.609. The maximum absolute atomic E-state index is 14.1. The molecule has 23 heavy (non-hydrogen) atoms. The third kappa shape index (κ3) is 2.99. The van der Waals surface area contributed by atoms with Gasteiger partial charge in [-0.2, -0.15) is 0 Å². The van der Waals surface area contributed by atoms with Crippen LogP contribution in [0.2, 0.25) is 0 Å². The molecule has 3 rings (SSSR count). The molecule has 3 aromatic rings. The smallest absolute Gasteiger partial charge is 0.356 e. The van der Waals surface area contributed by atoms with E-state index in [0.29, 0.717) is 11.1 Å². The molecule has 0 aliphatic carbocycles. The largest absolute Gasteiger partial charge is 0.464 e. The second kappa shape index (κ2) is 6.04. The molecule has 4 nitrogen and oxygen atoms in total. The summed E-state index contributed by atoms with van der Waals surface area (Å²) in [4.78, 5) is 15.9. The number of hydrogen-bond acceptors (Lipinski definition) is 4. The standard InChI is InChI=1S/C18H15FN2O2/c1-11-6-8-12(9-7-11)20-15-10-16(18(22)23-2)21-17-13(15)4-3-5-14(17)19/h3-10H,1-2H3,(H,20,21). The summed E-state index contributed by atoms with van der Waals surface area (Å²) in [5.74, 6) is -1.10. The Bertz CT molecular complexity index is 876. The average molecular weight is 310 g/mol. The number of methoxy groups -OCH3 is 1. The average Bonchev–Trinajstić information content (AvgIpc) is 2.57. The van der Waals surface area contributed by atoms with Crippen LogP contribution in [-0.4, -0.2) is 18.1 Å². The van der Waals surface area contributed by atoms with Crippen molar-refractivity contribution in [3.63, 3.8) is 0 Å². The van der Waals surface area contributed by atoms with Crippen molar-refractivity contribution in [2.24, 2.45) is 0 Å². The Morgan fingerprint density at radius 2 is 1.91 bits per heavy atom. The molecular weight excluding hydrogens is 295 g/mol. The highest BCUT2D eigenvalue weighted by Crippen LogP contribution is 2.28.